The lowest BCUT2D eigenvalue weighted by molar-refractivity contribution is 0.189. The molecule has 0 fully saturated rings. The number of imidazole rings is 1. The Morgan fingerprint density at radius 1 is 0.906 bits per heavy atom. The molecule has 1 atom stereocenters. The van der Waals surface area contributed by atoms with Crippen molar-refractivity contribution >= 4 is 17.0 Å². The van der Waals surface area contributed by atoms with Crippen LogP contribution in [0.2, 0.25) is 0 Å². The van der Waals surface area contributed by atoms with E-state index >= 15 is 0 Å². The molecule has 0 saturated heterocycles. The Kier molecular flexibility index (Phi) is 5.17. The van der Waals surface area contributed by atoms with Crippen LogP contribution in [-0.4, -0.2) is 26.2 Å². The summed E-state index contributed by atoms with van der Waals surface area (Å²) < 4.78 is 0. The van der Waals surface area contributed by atoms with Gasteiger partial charge in [-0.2, -0.15) is 0 Å². The zero-order valence-electron chi connectivity index (χ0n) is 17.2. The Bertz CT molecular complexity index is 1300. The number of benzene rings is 3. The van der Waals surface area contributed by atoms with Gasteiger partial charge in [0.15, 0.2) is 0 Å². The van der Waals surface area contributed by atoms with Crippen LogP contribution in [0.5, 0.6) is 0 Å². The van der Waals surface area contributed by atoms with E-state index in [4.69, 9.17) is 4.98 Å². The number of rotatable bonds is 6. The van der Waals surface area contributed by atoms with Gasteiger partial charge in [-0.15, -0.1) is 0 Å². The number of carbonyl (C=O) groups is 1. The van der Waals surface area contributed by atoms with Gasteiger partial charge < -0.3 is 20.4 Å². The first-order chi connectivity index (χ1) is 15.7. The molecular formula is C26H22N4O2. The van der Waals surface area contributed by atoms with Crippen molar-refractivity contribution in [1.29, 1.82) is 0 Å². The number of hydrogen-bond donors (Lipinski definition) is 4. The predicted molar refractivity (Wildman–Crippen MR) is 125 cm³/mol. The van der Waals surface area contributed by atoms with E-state index in [9.17, 15) is 9.90 Å². The number of amides is 1. The van der Waals surface area contributed by atoms with Crippen molar-refractivity contribution in [3.63, 3.8) is 0 Å². The number of fused-ring (bicyclic) bond motifs is 1. The van der Waals surface area contributed by atoms with Gasteiger partial charge in [-0.05, 0) is 11.6 Å². The molecule has 4 N–H and O–H groups in total. The fraction of sp³-hybridized carbons (Fsp3) is 0.0769. The van der Waals surface area contributed by atoms with Gasteiger partial charge in [0.2, 0.25) is 0 Å². The summed E-state index contributed by atoms with van der Waals surface area (Å²) in [6, 6.07) is 27.3. The molecule has 3 aromatic carbocycles. The van der Waals surface area contributed by atoms with Gasteiger partial charge in [-0.25, -0.2) is 9.78 Å². The number of H-pyrrole nitrogens is 2. The van der Waals surface area contributed by atoms with Crippen LogP contribution < -0.4 is 5.32 Å². The van der Waals surface area contributed by atoms with Crippen molar-refractivity contribution in [3.05, 3.63) is 103 Å². The quantitative estimate of drug-likeness (QED) is 0.280. The van der Waals surface area contributed by atoms with E-state index in [1.165, 1.54) is 0 Å². The highest BCUT2D eigenvalue weighted by Gasteiger charge is 2.23. The van der Waals surface area contributed by atoms with Crippen LogP contribution in [0.1, 0.15) is 17.4 Å². The third-order valence-corrected chi connectivity index (χ3v) is 5.56. The number of carboxylic acid groups (broad SMARTS) is 1. The molecule has 32 heavy (non-hydrogen) atoms. The second-order valence-electron chi connectivity index (χ2n) is 7.64. The van der Waals surface area contributed by atoms with Crippen LogP contribution >= 0.6 is 0 Å². The van der Waals surface area contributed by atoms with Crippen LogP contribution in [0.25, 0.3) is 33.4 Å². The summed E-state index contributed by atoms with van der Waals surface area (Å²) in [7, 11) is 0. The topological polar surface area (TPSA) is 93.8 Å². The first kappa shape index (κ1) is 19.6. The van der Waals surface area contributed by atoms with Crippen LogP contribution in [0.15, 0.2) is 91.1 Å². The van der Waals surface area contributed by atoms with E-state index in [2.05, 4.69) is 15.3 Å². The number of para-hydroxylation sites is 1. The second kappa shape index (κ2) is 8.43. The lowest BCUT2D eigenvalue weighted by Crippen LogP contribution is -2.29. The summed E-state index contributed by atoms with van der Waals surface area (Å²) in [5.74, 6) is 0.579. The van der Waals surface area contributed by atoms with E-state index < -0.39 is 12.1 Å². The molecule has 5 rings (SSSR count). The SMILES string of the molecule is O=C(O)N[C@@H](Cc1c[nH]c2ccccc12)c1nc(-c2ccccc2)c(-c2ccccc2)[nH]1. The third-order valence-electron chi connectivity index (χ3n) is 5.56. The van der Waals surface area contributed by atoms with E-state index in [0.717, 1.165) is 39.0 Å². The van der Waals surface area contributed by atoms with Gasteiger partial charge >= 0.3 is 6.09 Å². The highest BCUT2D eigenvalue weighted by atomic mass is 16.4. The molecule has 158 valence electrons. The normalized spacial score (nSPS) is 12.0. The molecule has 0 unspecified atom stereocenters. The lowest BCUT2D eigenvalue weighted by atomic mass is 10.0. The number of nitrogens with zero attached hydrogens (tertiary/aromatic N) is 1. The van der Waals surface area contributed by atoms with Gasteiger partial charge in [-0.3, -0.25) is 0 Å². The van der Waals surface area contributed by atoms with Crippen LogP contribution in [-0.2, 0) is 6.42 Å². The van der Waals surface area contributed by atoms with E-state index in [-0.39, 0.29) is 0 Å². The summed E-state index contributed by atoms with van der Waals surface area (Å²) in [6.45, 7) is 0. The molecule has 0 radical (unpaired) electrons. The highest BCUT2D eigenvalue weighted by molar-refractivity contribution is 5.83. The molecule has 1 amide bonds. The van der Waals surface area contributed by atoms with Crippen LogP contribution in [0.3, 0.4) is 0 Å². The van der Waals surface area contributed by atoms with Gasteiger partial charge in [0.1, 0.15) is 5.82 Å². The molecule has 5 aromatic rings. The number of aromatic amines is 2. The maximum Gasteiger partial charge on any atom is 0.405 e. The van der Waals surface area contributed by atoms with Crippen molar-refractivity contribution in [2.75, 3.05) is 0 Å². The molecule has 0 aliphatic rings. The molecule has 0 bridgehead atoms. The van der Waals surface area contributed by atoms with Crippen LogP contribution in [0, 0.1) is 0 Å². The average molecular weight is 422 g/mol. The summed E-state index contributed by atoms with van der Waals surface area (Å²) in [6.07, 6.45) is 1.31. The number of nitrogens with one attached hydrogen (secondary N) is 3. The minimum Gasteiger partial charge on any atom is -0.465 e. The Morgan fingerprint density at radius 2 is 1.56 bits per heavy atom. The smallest absolute Gasteiger partial charge is 0.405 e. The molecule has 2 heterocycles. The Morgan fingerprint density at radius 3 is 2.28 bits per heavy atom. The average Bonchev–Trinajstić information content (AvgIpc) is 3.45. The molecular weight excluding hydrogens is 400 g/mol. The Labute approximate surface area is 185 Å². The van der Waals surface area contributed by atoms with Crippen LogP contribution in [0.4, 0.5) is 4.79 Å². The molecule has 0 spiro atoms. The molecule has 2 aromatic heterocycles. The lowest BCUT2D eigenvalue weighted by Gasteiger charge is -2.14. The molecule has 0 aliphatic carbocycles. The van der Waals surface area contributed by atoms with E-state index in [0.29, 0.717) is 12.2 Å². The molecule has 0 aliphatic heterocycles. The maximum atomic E-state index is 11.6. The molecule has 6 heteroatoms. The van der Waals surface area contributed by atoms with Crippen molar-refractivity contribution < 1.29 is 9.90 Å². The Hall–Kier alpha value is -4.32. The standard InChI is InChI=1S/C26H22N4O2/c31-26(32)28-22(15-19-16-27-21-14-8-7-13-20(19)21)25-29-23(17-9-3-1-4-10-17)24(30-25)18-11-5-2-6-12-18/h1-14,16,22,27-28H,15H2,(H,29,30)(H,31,32)/t22-/m0/s1. The fourth-order valence-corrected chi connectivity index (χ4v) is 4.06. The van der Waals surface area contributed by atoms with Crippen molar-refractivity contribution in [1.82, 2.24) is 20.3 Å². The molecule has 0 saturated carbocycles. The van der Waals surface area contributed by atoms with Gasteiger partial charge in [0, 0.05) is 34.6 Å². The minimum atomic E-state index is -1.09. The largest absolute Gasteiger partial charge is 0.465 e. The molecule has 6 nitrogen and oxygen atoms in total. The summed E-state index contributed by atoms with van der Waals surface area (Å²) in [5.41, 5.74) is 5.66. The van der Waals surface area contributed by atoms with E-state index in [1.807, 2.05) is 91.1 Å². The summed E-state index contributed by atoms with van der Waals surface area (Å²) in [4.78, 5) is 23.2. The predicted octanol–water partition coefficient (Wildman–Crippen LogP) is 5.78. The highest BCUT2D eigenvalue weighted by Crippen LogP contribution is 2.32. The van der Waals surface area contributed by atoms with E-state index in [1.54, 1.807) is 0 Å². The fourth-order valence-electron chi connectivity index (χ4n) is 4.06. The van der Waals surface area contributed by atoms with Gasteiger partial charge in [0.25, 0.3) is 0 Å². The zero-order chi connectivity index (χ0) is 21.9. The first-order valence-corrected chi connectivity index (χ1v) is 10.4. The Balaban J connectivity index is 1.60. The number of hydrogen-bond acceptors (Lipinski definition) is 2. The maximum absolute atomic E-state index is 11.6. The summed E-state index contributed by atoms with van der Waals surface area (Å²) >= 11 is 0. The summed E-state index contributed by atoms with van der Waals surface area (Å²) in [5, 5.41) is 13.3. The van der Waals surface area contributed by atoms with Crippen molar-refractivity contribution in [2.24, 2.45) is 0 Å². The van der Waals surface area contributed by atoms with Gasteiger partial charge in [0.05, 0.1) is 17.4 Å². The monoisotopic (exact) mass is 422 g/mol. The number of aromatic nitrogens is 3. The minimum absolute atomic E-state index is 0.465. The van der Waals surface area contributed by atoms with Crippen molar-refractivity contribution in [3.8, 4) is 22.5 Å². The van der Waals surface area contributed by atoms with Crippen molar-refractivity contribution in [2.45, 2.75) is 12.5 Å². The zero-order valence-corrected chi connectivity index (χ0v) is 17.2. The first-order valence-electron chi connectivity index (χ1n) is 10.4. The third kappa shape index (κ3) is 3.86. The van der Waals surface area contributed by atoms with Gasteiger partial charge in [-0.1, -0.05) is 78.9 Å². The second-order valence-corrected chi connectivity index (χ2v) is 7.64.